The highest BCUT2D eigenvalue weighted by atomic mass is 32.2. The minimum Gasteiger partial charge on any atom is -0.496 e. The molecule has 0 bridgehead atoms. The molecule has 0 saturated heterocycles. The van der Waals surface area contributed by atoms with Crippen LogP contribution in [0.25, 0.3) is 0 Å². The Labute approximate surface area is 164 Å². The summed E-state index contributed by atoms with van der Waals surface area (Å²) in [4.78, 5) is 11.7. The number of hydrogen-bond donors (Lipinski definition) is 0. The molecule has 146 valence electrons. The summed E-state index contributed by atoms with van der Waals surface area (Å²) in [6.07, 6.45) is 0. The lowest BCUT2D eigenvalue weighted by Crippen LogP contribution is -2.02. The Hall–Kier alpha value is -3.07. The topological polar surface area (TPSA) is 83.7 Å². The van der Waals surface area contributed by atoms with Crippen molar-refractivity contribution < 1.29 is 27.8 Å². The van der Waals surface area contributed by atoms with E-state index in [-0.39, 0.29) is 12.4 Å². The smallest absolute Gasteiger partial charge is 0.337 e. The minimum atomic E-state index is -0.424. The summed E-state index contributed by atoms with van der Waals surface area (Å²) < 4.78 is 34.0. The van der Waals surface area contributed by atoms with Gasteiger partial charge in [0, 0.05) is 11.3 Å². The molecule has 1 heterocycles. The van der Waals surface area contributed by atoms with E-state index in [1.54, 1.807) is 25.3 Å². The average Bonchev–Trinajstić information content (AvgIpc) is 3.19. The number of aromatic nitrogens is 2. The number of rotatable bonds is 8. The van der Waals surface area contributed by atoms with Gasteiger partial charge in [0.2, 0.25) is 0 Å². The summed E-state index contributed by atoms with van der Waals surface area (Å²) in [6.45, 7) is 0.0698. The van der Waals surface area contributed by atoms with Gasteiger partial charge in [-0.3, -0.25) is 0 Å². The Morgan fingerprint density at radius 2 is 1.93 bits per heavy atom. The van der Waals surface area contributed by atoms with Crippen molar-refractivity contribution in [3.63, 3.8) is 0 Å². The molecule has 0 aliphatic heterocycles. The van der Waals surface area contributed by atoms with Crippen molar-refractivity contribution in [2.75, 3.05) is 14.2 Å². The van der Waals surface area contributed by atoms with E-state index in [1.807, 2.05) is 0 Å². The molecule has 7 nitrogen and oxygen atoms in total. The van der Waals surface area contributed by atoms with E-state index in [4.69, 9.17) is 18.6 Å². The van der Waals surface area contributed by atoms with E-state index in [0.29, 0.717) is 33.9 Å². The lowest BCUT2D eigenvalue weighted by molar-refractivity contribution is 0.0600. The lowest BCUT2D eigenvalue weighted by atomic mass is 10.1. The lowest BCUT2D eigenvalue weighted by Gasteiger charge is -2.09. The van der Waals surface area contributed by atoms with Gasteiger partial charge >= 0.3 is 5.97 Å². The van der Waals surface area contributed by atoms with Gasteiger partial charge in [0.25, 0.3) is 11.1 Å². The third-order valence-corrected chi connectivity index (χ3v) is 4.54. The number of hydrogen-bond acceptors (Lipinski definition) is 8. The number of ether oxygens (including phenoxy) is 3. The molecule has 0 atom stereocenters. The summed E-state index contributed by atoms with van der Waals surface area (Å²) in [6, 6.07) is 10.7. The van der Waals surface area contributed by atoms with E-state index in [9.17, 15) is 9.18 Å². The molecule has 1 aromatic heterocycles. The highest BCUT2D eigenvalue weighted by Gasteiger charge is 2.13. The van der Waals surface area contributed by atoms with Crippen molar-refractivity contribution in [2.24, 2.45) is 0 Å². The van der Waals surface area contributed by atoms with E-state index >= 15 is 0 Å². The zero-order valence-electron chi connectivity index (χ0n) is 15.2. The summed E-state index contributed by atoms with van der Waals surface area (Å²) >= 11 is 1.30. The predicted molar refractivity (Wildman–Crippen MR) is 98.9 cm³/mol. The van der Waals surface area contributed by atoms with E-state index < -0.39 is 5.97 Å². The highest BCUT2D eigenvalue weighted by molar-refractivity contribution is 7.98. The number of carbonyl (C=O) groups excluding carboxylic acids is 1. The molecule has 0 fully saturated rings. The van der Waals surface area contributed by atoms with Crippen LogP contribution in [0.2, 0.25) is 0 Å². The number of thioether (sulfide) groups is 1. The summed E-state index contributed by atoms with van der Waals surface area (Å²) in [5.74, 6) is 1.12. The number of halogens is 1. The molecule has 0 aliphatic carbocycles. The fourth-order valence-corrected chi connectivity index (χ4v) is 3.06. The van der Waals surface area contributed by atoms with Gasteiger partial charge in [-0.05, 0) is 42.5 Å². The first-order chi connectivity index (χ1) is 13.6. The molecule has 0 radical (unpaired) electrons. The second kappa shape index (κ2) is 9.23. The van der Waals surface area contributed by atoms with Crippen LogP contribution in [0.4, 0.5) is 4.39 Å². The van der Waals surface area contributed by atoms with Gasteiger partial charge < -0.3 is 18.6 Å². The van der Waals surface area contributed by atoms with Crippen molar-refractivity contribution in [1.29, 1.82) is 0 Å². The summed E-state index contributed by atoms with van der Waals surface area (Å²) in [5, 5.41) is 8.23. The van der Waals surface area contributed by atoms with E-state index in [2.05, 4.69) is 10.2 Å². The van der Waals surface area contributed by atoms with Gasteiger partial charge in [0.05, 0.1) is 19.8 Å². The molecule has 9 heteroatoms. The predicted octanol–water partition coefficient (Wildman–Crippen LogP) is 3.88. The Morgan fingerprint density at radius 3 is 2.64 bits per heavy atom. The number of esters is 1. The maximum absolute atomic E-state index is 12.9. The van der Waals surface area contributed by atoms with Gasteiger partial charge in [-0.25, -0.2) is 9.18 Å². The molecular weight excluding hydrogens is 387 g/mol. The van der Waals surface area contributed by atoms with Gasteiger partial charge in [-0.1, -0.05) is 11.8 Å². The first kappa shape index (κ1) is 19.7. The Kier molecular flexibility index (Phi) is 6.49. The summed E-state index contributed by atoms with van der Waals surface area (Å²) in [7, 11) is 2.88. The maximum atomic E-state index is 12.9. The maximum Gasteiger partial charge on any atom is 0.337 e. The van der Waals surface area contributed by atoms with Crippen molar-refractivity contribution >= 4 is 17.7 Å². The second-order valence-corrected chi connectivity index (χ2v) is 6.44. The van der Waals surface area contributed by atoms with Crippen molar-refractivity contribution in [2.45, 2.75) is 17.6 Å². The van der Waals surface area contributed by atoms with Crippen molar-refractivity contribution in [3.8, 4) is 11.5 Å². The zero-order valence-corrected chi connectivity index (χ0v) is 16.0. The molecule has 3 rings (SSSR count). The molecular formula is C19H17FN2O5S. The fraction of sp³-hybridized carbons (Fsp3) is 0.211. The van der Waals surface area contributed by atoms with Crippen LogP contribution in [-0.2, 0) is 17.1 Å². The molecule has 28 heavy (non-hydrogen) atoms. The Balaban J connectivity index is 1.60. The molecule has 0 unspecified atom stereocenters. The largest absolute Gasteiger partial charge is 0.496 e. The molecule has 0 aliphatic rings. The first-order valence-corrected chi connectivity index (χ1v) is 9.16. The molecule has 0 saturated carbocycles. The quantitative estimate of drug-likeness (QED) is 0.413. The monoisotopic (exact) mass is 404 g/mol. The van der Waals surface area contributed by atoms with Crippen LogP contribution in [0.3, 0.4) is 0 Å². The van der Waals surface area contributed by atoms with Crippen LogP contribution in [0.15, 0.2) is 52.1 Å². The fourth-order valence-electron chi connectivity index (χ4n) is 2.31. The highest BCUT2D eigenvalue weighted by Crippen LogP contribution is 2.28. The van der Waals surface area contributed by atoms with Gasteiger partial charge in [-0.15, -0.1) is 10.2 Å². The molecule has 0 N–H and O–H groups in total. The Bertz CT molecular complexity index is 946. The molecule has 0 amide bonds. The standard InChI is InChI=1S/C19H17FN2O5S/c1-24-16-8-3-12(18(23)25-2)9-13(16)11-28-19-22-21-17(27-19)10-26-15-6-4-14(20)5-7-15/h3-9H,10-11H2,1-2H3. The van der Waals surface area contributed by atoms with Crippen LogP contribution < -0.4 is 9.47 Å². The van der Waals surface area contributed by atoms with Crippen molar-refractivity contribution in [3.05, 3.63) is 65.3 Å². The third kappa shape index (κ3) is 5.01. The minimum absolute atomic E-state index is 0.0698. The van der Waals surface area contributed by atoms with Crippen molar-refractivity contribution in [1.82, 2.24) is 10.2 Å². The zero-order chi connectivity index (χ0) is 19.9. The summed E-state index contributed by atoms with van der Waals surface area (Å²) in [5.41, 5.74) is 1.22. The first-order valence-electron chi connectivity index (χ1n) is 8.18. The number of methoxy groups -OCH3 is 2. The number of nitrogens with zero attached hydrogens (tertiary/aromatic N) is 2. The molecule has 2 aromatic carbocycles. The van der Waals surface area contributed by atoms with Crippen LogP contribution in [0, 0.1) is 5.82 Å². The van der Waals surface area contributed by atoms with E-state index in [0.717, 1.165) is 5.56 Å². The van der Waals surface area contributed by atoms with Crippen LogP contribution in [-0.4, -0.2) is 30.4 Å². The second-order valence-electron chi connectivity index (χ2n) is 5.51. The van der Waals surface area contributed by atoms with Gasteiger partial charge in [-0.2, -0.15) is 0 Å². The SMILES string of the molecule is COC(=O)c1ccc(OC)c(CSc2nnc(COc3ccc(F)cc3)o2)c1. The van der Waals surface area contributed by atoms with Crippen LogP contribution >= 0.6 is 11.8 Å². The average molecular weight is 404 g/mol. The Morgan fingerprint density at radius 1 is 1.14 bits per heavy atom. The number of benzene rings is 2. The van der Waals surface area contributed by atoms with Crippen LogP contribution in [0.5, 0.6) is 11.5 Å². The normalized spacial score (nSPS) is 10.5. The van der Waals surface area contributed by atoms with Crippen LogP contribution in [0.1, 0.15) is 21.8 Å². The van der Waals surface area contributed by atoms with Gasteiger partial charge in [0.1, 0.15) is 17.3 Å². The van der Waals surface area contributed by atoms with Gasteiger partial charge in [0.15, 0.2) is 6.61 Å². The molecule has 0 spiro atoms. The third-order valence-electron chi connectivity index (χ3n) is 3.68. The molecule has 3 aromatic rings. The van der Waals surface area contributed by atoms with E-state index in [1.165, 1.54) is 43.1 Å². The number of carbonyl (C=O) groups is 1.